The smallest absolute Gasteiger partial charge is 0.212 e. The highest BCUT2D eigenvalue weighted by Crippen LogP contribution is 2.18. The normalized spacial score (nSPS) is 11.3. The highest BCUT2D eigenvalue weighted by atomic mass is 127. The van der Waals surface area contributed by atoms with Crippen molar-refractivity contribution in [1.29, 1.82) is 0 Å². The van der Waals surface area contributed by atoms with Gasteiger partial charge in [0, 0.05) is 51.2 Å². The number of aliphatic imine (C=N–C) groups is 1. The van der Waals surface area contributed by atoms with Gasteiger partial charge in [-0.2, -0.15) is 5.10 Å². The highest BCUT2D eigenvalue weighted by Gasteiger charge is 2.15. The lowest BCUT2D eigenvalue weighted by Crippen LogP contribution is -2.38. The first-order chi connectivity index (χ1) is 12.4. The number of hydrogen-bond acceptors (Lipinski definition) is 4. The molecule has 27 heavy (non-hydrogen) atoms. The monoisotopic (exact) mass is 486 g/mol. The summed E-state index contributed by atoms with van der Waals surface area (Å²) in [5.74, 6) is 1.87. The molecule has 1 N–H and O–H groups in total. The summed E-state index contributed by atoms with van der Waals surface area (Å²) in [6.45, 7) is 8.54. The topological polar surface area (TPSA) is 67.6 Å². The van der Waals surface area contributed by atoms with E-state index in [9.17, 15) is 0 Å². The number of ether oxygens (including phenoxy) is 1. The van der Waals surface area contributed by atoms with Crippen LogP contribution in [0.4, 0.5) is 0 Å². The number of hydrogen-bond donors (Lipinski definition) is 1. The molecule has 0 aliphatic rings. The molecule has 2 rings (SSSR count). The molecule has 0 fully saturated rings. The van der Waals surface area contributed by atoms with Gasteiger partial charge in [-0.15, -0.1) is 24.0 Å². The molecule has 150 valence electrons. The summed E-state index contributed by atoms with van der Waals surface area (Å²) in [5.41, 5.74) is 3.40. The second-order valence-corrected chi connectivity index (χ2v) is 6.60. The fraction of sp³-hybridized carbons (Fsp3) is 0.526. The first-order valence-corrected chi connectivity index (χ1v) is 8.95. The summed E-state index contributed by atoms with van der Waals surface area (Å²) in [6.07, 6.45) is 3.88. The van der Waals surface area contributed by atoms with Gasteiger partial charge in [0.1, 0.15) is 0 Å². The highest BCUT2D eigenvalue weighted by molar-refractivity contribution is 14.0. The van der Waals surface area contributed by atoms with E-state index in [1.165, 1.54) is 5.56 Å². The quantitative estimate of drug-likeness (QED) is 0.370. The minimum absolute atomic E-state index is 0. The maximum Gasteiger partial charge on any atom is 0.212 e. The number of aryl methyl sites for hydroxylation is 1. The molecule has 0 radical (unpaired) electrons. The summed E-state index contributed by atoms with van der Waals surface area (Å²) in [4.78, 5) is 11.1. The maximum absolute atomic E-state index is 5.09. The van der Waals surface area contributed by atoms with Crippen LogP contribution in [0, 0.1) is 0 Å². The van der Waals surface area contributed by atoms with E-state index in [4.69, 9.17) is 9.73 Å². The van der Waals surface area contributed by atoms with Crippen LogP contribution in [-0.4, -0.2) is 46.3 Å². The zero-order valence-electron chi connectivity index (χ0n) is 17.1. The minimum Gasteiger partial charge on any atom is -0.481 e. The number of guanidine groups is 1. The summed E-state index contributed by atoms with van der Waals surface area (Å²) in [6, 6.07) is 3.84. The predicted octanol–water partition coefficient (Wildman–Crippen LogP) is 3.16. The van der Waals surface area contributed by atoms with Crippen LogP contribution < -0.4 is 10.1 Å². The van der Waals surface area contributed by atoms with Crippen molar-refractivity contribution in [3.05, 3.63) is 41.3 Å². The Morgan fingerprint density at radius 1 is 1.37 bits per heavy atom. The summed E-state index contributed by atoms with van der Waals surface area (Å²) in [5, 5.41) is 7.94. The molecule has 0 saturated heterocycles. The van der Waals surface area contributed by atoms with Gasteiger partial charge < -0.3 is 15.0 Å². The van der Waals surface area contributed by atoms with Gasteiger partial charge in [-0.25, -0.2) is 9.98 Å². The van der Waals surface area contributed by atoms with Gasteiger partial charge >= 0.3 is 0 Å². The molecule has 2 aromatic heterocycles. The summed E-state index contributed by atoms with van der Waals surface area (Å²) < 4.78 is 6.98. The molecule has 7 nitrogen and oxygen atoms in total. The lowest BCUT2D eigenvalue weighted by molar-refractivity contribution is 0.397. The summed E-state index contributed by atoms with van der Waals surface area (Å²) in [7, 11) is 5.62. The van der Waals surface area contributed by atoms with Crippen molar-refractivity contribution in [1.82, 2.24) is 25.0 Å². The third-order valence-corrected chi connectivity index (χ3v) is 4.01. The van der Waals surface area contributed by atoms with Gasteiger partial charge in [-0.1, -0.05) is 19.9 Å². The number of nitrogens with zero attached hydrogens (tertiary/aromatic N) is 5. The lowest BCUT2D eigenvalue weighted by atomic mass is 10.1. The molecule has 2 heterocycles. The van der Waals surface area contributed by atoms with Crippen LogP contribution in [0.15, 0.2) is 29.5 Å². The Morgan fingerprint density at radius 3 is 2.67 bits per heavy atom. The standard InChI is InChI=1S/C19H30N6O.HI/c1-7-20-19(22-11-15-8-9-17(26-6)21-10-15)24(4)12-16-13-25(5)23-18(16)14(2)3;/h8-10,13-14H,7,11-12H2,1-6H3,(H,20,22);1H. The molecule has 0 saturated carbocycles. The first-order valence-electron chi connectivity index (χ1n) is 8.95. The maximum atomic E-state index is 5.09. The Labute approximate surface area is 179 Å². The molecule has 0 amide bonds. The van der Waals surface area contributed by atoms with E-state index in [1.54, 1.807) is 13.3 Å². The van der Waals surface area contributed by atoms with Gasteiger partial charge in [0.15, 0.2) is 5.96 Å². The third kappa shape index (κ3) is 6.67. The van der Waals surface area contributed by atoms with Gasteiger partial charge in [-0.05, 0) is 18.4 Å². The number of halogens is 1. The van der Waals surface area contributed by atoms with E-state index in [0.29, 0.717) is 18.3 Å². The van der Waals surface area contributed by atoms with E-state index < -0.39 is 0 Å². The number of aromatic nitrogens is 3. The molecular weight excluding hydrogens is 455 g/mol. The molecule has 0 bridgehead atoms. The average molecular weight is 486 g/mol. The summed E-state index contributed by atoms with van der Waals surface area (Å²) >= 11 is 0. The van der Waals surface area contributed by atoms with Crippen molar-refractivity contribution in [3.8, 4) is 5.88 Å². The number of methoxy groups -OCH3 is 1. The van der Waals surface area contributed by atoms with Crippen molar-refractivity contribution in [2.45, 2.75) is 39.8 Å². The average Bonchev–Trinajstić information content (AvgIpc) is 2.99. The van der Waals surface area contributed by atoms with Crippen LogP contribution in [0.5, 0.6) is 5.88 Å². The Balaban J connectivity index is 0.00000364. The van der Waals surface area contributed by atoms with Crippen molar-refractivity contribution in [2.24, 2.45) is 12.0 Å². The fourth-order valence-electron chi connectivity index (χ4n) is 2.75. The van der Waals surface area contributed by atoms with Crippen molar-refractivity contribution < 1.29 is 4.74 Å². The second-order valence-electron chi connectivity index (χ2n) is 6.60. The van der Waals surface area contributed by atoms with E-state index >= 15 is 0 Å². The number of rotatable bonds is 7. The van der Waals surface area contributed by atoms with E-state index in [2.05, 4.69) is 47.3 Å². The van der Waals surface area contributed by atoms with E-state index in [0.717, 1.165) is 30.3 Å². The Morgan fingerprint density at radius 2 is 2.11 bits per heavy atom. The third-order valence-electron chi connectivity index (χ3n) is 4.01. The van der Waals surface area contributed by atoms with Gasteiger partial charge in [0.05, 0.1) is 19.3 Å². The SMILES string of the molecule is CCNC(=NCc1ccc(OC)nc1)N(C)Cc1cn(C)nc1C(C)C.I. The van der Waals surface area contributed by atoms with Gasteiger partial charge in [-0.3, -0.25) is 4.68 Å². The number of pyridine rings is 1. The molecule has 0 aliphatic carbocycles. The molecule has 0 atom stereocenters. The van der Waals surface area contributed by atoms with Crippen molar-refractivity contribution in [2.75, 3.05) is 20.7 Å². The van der Waals surface area contributed by atoms with Crippen LogP contribution in [0.3, 0.4) is 0 Å². The second kappa shape index (κ2) is 11.1. The predicted molar refractivity (Wildman–Crippen MR) is 120 cm³/mol. The Kier molecular flexibility index (Phi) is 9.54. The van der Waals surface area contributed by atoms with Crippen LogP contribution in [0.25, 0.3) is 0 Å². The van der Waals surface area contributed by atoms with Gasteiger partial charge in [0.2, 0.25) is 5.88 Å². The van der Waals surface area contributed by atoms with Crippen molar-refractivity contribution in [3.63, 3.8) is 0 Å². The molecule has 2 aromatic rings. The Bertz CT molecular complexity index is 726. The van der Waals surface area contributed by atoms with Crippen LogP contribution in [0.2, 0.25) is 0 Å². The molecule has 0 aromatic carbocycles. The molecule has 0 spiro atoms. The minimum atomic E-state index is 0. The fourth-order valence-corrected chi connectivity index (χ4v) is 2.75. The van der Waals surface area contributed by atoms with Crippen LogP contribution in [-0.2, 0) is 20.1 Å². The molecule has 8 heteroatoms. The van der Waals surface area contributed by atoms with E-state index in [-0.39, 0.29) is 24.0 Å². The zero-order valence-corrected chi connectivity index (χ0v) is 19.4. The molecular formula is C19H31IN6O. The van der Waals surface area contributed by atoms with Crippen LogP contribution >= 0.6 is 24.0 Å². The number of nitrogens with one attached hydrogen (secondary N) is 1. The van der Waals surface area contributed by atoms with Crippen molar-refractivity contribution >= 4 is 29.9 Å². The largest absolute Gasteiger partial charge is 0.481 e. The first kappa shape index (κ1) is 23.2. The molecule has 0 aliphatic heterocycles. The van der Waals surface area contributed by atoms with E-state index in [1.807, 2.05) is 30.9 Å². The van der Waals surface area contributed by atoms with Gasteiger partial charge in [0.25, 0.3) is 0 Å². The molecule has 0 unspecified atom stereocenters. The van der Waals surface area contributed by atoms with Crippen LogP contribution in [0.1, 0.15) is 43.5 Å². The zero-order chi connectivity index (χ0) is 19.1. The lowest BCUT2D eigenvalue weighted by Gasteiger charge is -2.22. The Hall–Kier alpha value is -1.84.